The van der Waals surface area contributed by atoms with Crippen LogP contribution in [0.2, 0.25) is 0 Å². The smallest absolute Gasteiger partial charge is 0.242 e. The van der Waals surface area contributed by atoms with E-state index in [0.717, 1.165) is 0 Å². The lowest BCUT2D eigenvalue weighted by molar-refractivity contribution is -0.130. The first-order chi connectivity index (χ1) is 9.47. The van der Waals surface area contributed by atoms with Crippen molar-refractivity contribution in [1.82, 2.24) is 14.5 Å². The average molecular weight is 297 g/mol. The average Bonchev–Trinajstić information content (AvgIpc) is 2.72. The maximum atomic E-state index is 13.6. The van der Waals surface area contributed by atoms with E-state index in [1.165, 1.54) is 19.2 Å². The van der Waals surface area contributed by atoms with Gasteiger partial charge in [0.05, 0.1) is 18.1 Å². The molecule has 0 fully saturated rings. The molecule has 0 bridgehead atoms. The maximum absolute atomic E-state index is 13.6. The molecular formula is C13H16FN3O2S. The van der Waals surface area contributed by atoms with E-state index in [-0.39, 0.29) is 18.2 Å². The van der Waals surface area contributed by atoms with Crippen molar-refractivity contribution in [3.63, 3.8) is 0 Å². The fourth-order valence-electron chi connectivity index (χ4n) is 1.90. The zero-order valence-corrected chi connectivity index (χ0v) is 12.4. The number of hydrogen-bond donors (Lipinski definition) is 1. The molecule has 1 heterocycles. The highest BCUT2D eigenvalue weighted by Crippen LogP contribution is 2.24. The summed E-state index contributed by atoms with van der Waals surface area (Å²) in [6.45, 7) is 2.62. The fourth-order valence-corrected chi connectivity index (χ4v) is 2.18. The minimum Gasteiger partial charge on any atom is -0.494 e. The lowest BCUT2D eigenvalue weighted by Crippen LogP contribution is -2.29. The van der Waals surface area contributed by atoms with Crippen molar-refractivity contribution in [3.8, 4) is 5.75 Å². The van der Waals surface area contributed by atoms with Crippen LogP contribution < -0.4 is 4.74 Å². The topological polar surface area (TPSA) is 50.3 Å². The van der Waals surface area contributed by atoms with Crippen molar-refractivity contribution in [3.05, 3.63) is 22.7 Å². The van der Waals surface area contributed by atoms with Crippen molar-refractivity contribution < 1.29 is 13.9 Å². The Hall–Kier alpha value is -1.89. The van der Waals surface area contributed by atoms with Crippen LogP contribution in [0.15, 0.2) is 12.1 Å². The van der Waals surface area contributed by atoms with Gasteiger partial charge in [0.25, 0.3) is 0 Å². The van der Waals surface area contributed by atoms with Gasteiger partial charge >= 0.3 is 0 Å². The van der Waals surface area contributed by atoms with E-state index in [2.05, 4.69) is 4.98 Å². The van der Waals surface area contributed by atoms with Gasteiger partial charge in [-0.3, -0.25) is 4.79 Å². The zero-order chi connectivity index (χ0) is 14.9. The molecule has 0 saturated carbocycles. The third kappa shape index (κ3) is 2.53. The molecule has 0 aliphatic rings. The summed E-state index contributed by atoms with van der Waals surface area (Å²) < 4.78 is 20.6. The van der Waals surface area contributed by atoms with Crippen molar-refractivity contribution >= 4 is 29.2 Å². The summed E-state index contributed by atoms with van der Waals surface area (Å²) in [4.78, 5) is 16.5. The number of nitrogens with one attached hydrogen (secondary N) is 1. The van der Waals surface area contributed by atoms with Crippen LogP contribution >= 0.6 is 12.2 Å². The third-order valence-corrected chi connectivity index (χ3v) is 3.56. The summed E-state index contributed by atoms with van der Waals surface area (Å²) in [5, 5.41) is 0. The zero-order valence-electron chi connectivity index (χ0n) is 11.6. The van der Waals surface area contributed by atoms with Gasteiger partial charge in [0, 0.05) is 25.7 Å². The molecule has 0 aliphatic heterocycles. The number of benzene rings is 1. The van der Waals surface area contributed by atoms with Gasteiger partial charge in [0.1, 0.15) is 6.54 Å². The van der Waals surface area contributed by atoms with E-state index in [9.17, 15) is 9.18 Å². The van der Waals surface area contributed by atoms with Crippen molar-refractivity contribution in [2.75, 3.05) is 20.7 Å². The highest BCUT2D eigenvalue weighted by atomic mass is 32.1. The summed E-state index contributed by atoms with van der Waals surface area (Å²) >= 11 is 5.19. The van der Waals surface area contributed by atoms with E-state index in [1.54, 1.807) is 16.5 Å². The van der Waals surface area contributed by atoms with Crippen molar-refractivity contribution in [2.24, 2.45) is 0 Å². The van der Waals surface area contributed by atoms with Gasteiger partial charge in [-0.15, -0.1) is 0 Å². The quantitative estimate of drug-likeness (QED) is 0.881. The Balaban J connectivity index is 2.50. The second kappa shape index (κ2) is 5.62. The van der Waals surface area contributed by atoms with Gasteiger partial charge in [-0.25, -0.2) is 4.39 Å². The first-order valence-electron chi connectivity index (χ1n) is 6.18. The van der Waals surface area contributed by atoms with Crippen LogP contribution in [0.25, 0.3) is 11.0 Å². The second-order valence-electron chi connectivity index (χ2n) is 4.43. The lowest BCUT2D eigenvalue weighted by Gasteiger charge is -2.15. The number of carbonyl (C=O) groups is 1. The Bertz CT molecular complexity index is 707. The van der Waals surface area contributed by atoms with Crippen molar-refractivity contribution in [1.29, 1.82) is 0 Å². The van der Waals surface area contributed by atoms with Crippen LogP contribution in [-0.2, 0) is 11.3 Å². The summed E-state index contributed by atoms with van der Waals surface area (Å²) in [6, 6.07) is 2.85. The molecule has 0 saturated heterocycles. The van der Waals surface area contributed by atoms with E-state index < -0.39 is 5.82 Å². The van der Waals surface area contributed by atoms with Crippen LogP contribution in [0.4, 0.5) is 4.39 Å². The van der Waals surface area contributed by atoms with Crippen LogP contribution in [0.5, 0.6) is 5.75 Å². The molecule has 1 aromatic heterocycles. The largest absolute Gasteiger partial charge is 0.494 e. The number of aromatic amines is 1. The van der Waals surface area contributed by atoms with Gasteiger partial charge in [-0.05, 0) is 19.1 Å². The molecule has 20 heavy (non-hydrogen) atoms. The van der Waals surface area contributed by atoms with E-state index in [1.807, 2.05) is 6.92 Å². The molecule has 2 aromatic rings. The maximum Gasteiger partial charge on any atom is 0.242 e. The minimum atomic E-state index is -0.472. The lowest BCUT2D eigenvalue weighted by atomic mass is 10.3. The predicted molar refractivity (Wildman–Crippen MR) is 76.9 cm³/mol. The number of methoxy groups -OCH3 is 1. The number of aromatic nitrogens is 2. The number of H-pyrrole nitrogens is 1. The Morgan fingerprint density at radius 1 is 1.55 bits per heavy atom. The van der Waals surface area contributed by atoms with E-state index >= 15 is 0 Å². The summed E-state index contributed by atoms with van der Waals surface area (Å²) in [6.07, 6.45) is 0. The van der Waals surface area contributed by atoms with Crippen LogP contribution in [-0.4, -0.2) is 41.1 Å². The van der Waals surface area contributed by atoms with Crippen molar-refractivity contribution in [2.45, 2.75) is 13.5 Å². The van der Waals surface area contributed by atoms with Gasteiger partial charge in [-0.2, -0.15) is 0 Å². The number of likely N-dealkylation sites (N-methyl/N-ethyl adjacent to an activating group) is 1. The Morgan fingerprint density at radius 3 is 2.85 bits per heavy atom. The predicted octanol–water partition coefficient (Wildman–Crippen LogP) is 2.32. The molecule has 5 nitrogen and oxygen atoms in total. The Kier molecular flexibility index (Phi) is 4.08. The van der Waals surface area contributed by atoms with Gasteiger partial charge in [0.15, 0.2) is 16.3 Å². The number of fused-ring (bicyclic) bond motifs is 1. The molecule has 108 valence electrons. The van der Waals surface area contributed by atoms with Gasteiger partial charge in [0.2, 0.25) is 5.91 Å². The fraction of sp³-hybridized carbons (Fsp3) is 0.385. The van der Waals surface area contributed by atoms with E-state index in [0.29, 0.717) is 22.3 Å². The SMILES string of the molecule is CCN(C)C(=O)Cn1c(=S)[nH]c2cc(F)c(OC)cc21. The number of nitrogens with zero attached hydrogens (tertiary/aromatic N) is 2. The van der Waals surface area contributed by atoms with Crippen LogP contribution in [0.1, 0.15) is 6.92 Å². The molecule has 2 rings (SSSR count). The summed E-state index contributed by atoms with van der Waals surface area (Å²) in [5.74, 6) is -0.412. The Morgan fingerprint density at radius 2 is 2.25 bits per heavy atom. The molecule has 0 aliphatic carbocycles. The monoisotopic (exact) mass is 297 g/mol. The third-order valence-electron chi connectivity index (χ3n) is 3.24. The first kappa shape index (κ1) is 14.5. The Labute approximate surface area is 121 Å². The number of hydrogen-bond acceptors (Lipinski definition) is 3. The molecule has 0 spiro atoms. The second-order valence-corrected chi connectivity index (χ2v) is 4.81. The molecule has 0 atom stereocenters. The van der Waals surface area contributed by atoms with Gasteiger partial charge in [-0.1, -0.05) is 0 Å². The first-order valence-corrected chi connectivity index (χ1v) is 6.58. The molecule has 1 aromatic carbocycles. The molecule has 1 amide bonds. The molecular weight excluding hydrogens is 281 g/mol. The number of imidazole rings is 1. The molecule has 0 radical (unpaired) electrons. The standard InChI is InChI=1S/C13H16FN3O2S/c1-4-16(2)12(18)7-17-10-6-11(19-3)8(14)5-9(10)15-13(17)20/h5-6H,4,7H2,1-3H3,(H,15,20). The number of carbonyl (C=O) groups excluding carboxylic acids is 1. The van der Waals surface area contributed by atoms with Crippen LogP contribution in [0, 0.1) is 10.6 Å². The normalized spacial score (nSPS) is 10.8. The highest BCUT2D eigenvalue weighted by molar-refractivity contribution is 7.71. The number of ether oxygens (including phenoxy) is 1. The molecule has 7 heteroatoms. The molecule has 1 N–H and O–H groups in total. The highest BCUT2D eigenvalue weighted by Gasteiger charge is 2.14. The summed E-state index contributed by atoms with van der Waals surface area (Å²) in [5.41, 5.74) is 1.19. The number of halogens is 1. The van der Waals surface area contributed by atoms with E-state index in [4.69, 9.17) is 17.0 Å². The molecule has 0 unspecified atom stereocenters. The van der Waals surface area contributed by atoms with Crippen LogP contribution in [0.3, 0.4) is 0 Å². The number of amides is 1. The minimum absolute atomic E-state index is 0.0622. The summed E-state index contributed by atoms with van der Waals surface area (Å²) in [7, 11) is 3.12. The van der Waals surface area contributed by atoms with Gasteiger partial charge < -0.3 is 19.2 Å². The number of rotatable bonds is 4.